The highest BCUT2D eigenvalue weighted by atomic mass is 35.5. The summed E-state index contributed by atoms with van der Waals surface area (Å²) < 4.78 is 47.1. The van der Waals surface area contributed by atoms with Crippen LogP contribution in [0.1, 0.15) is 0 Å². The minimum Gasteiger partial charge on any atom is -0.258 e. The monoisotopic (exact) mass is 409 g/mol. The summed E-state index contributed by atoms with van der Waals surface area (Å²) in [6.07, 6.45) is 0. The van der Waals surface area contributed by atoms with E-state index in [2.05, 4.69) is 0 Å². The molecule has 0 saturated heterocycles. The number of benzene rings is 2. The summed E-state index contributed by atoms with van der Waals surface area (Å²) in [5, 5.41) is 11.2. The van der Waals surface area contributed by atoms with Crippen molar-refractivity contribution in [3.63, 3.8) is 0 Å². The van der Waals surface area contributed by atoms with Gasteiger partial charge in [0.05, 0.1) is 14.7 Å². The quantitative estimate of drug-likeness (QED) is 0.426. The highest BCUT2D eigenvalue weighted by molar-refractivity contribution is 7.94. The summed E-state index contributed by atoms with van der Waals surface area (Å²) in [5.41, 5.74) is -0.881. The Hall–Kier alpha value is -1.68. The number of hydrogen-bond donors (Lipinski definition) is 0. The number of alkyl halides is 2. The largest absolute Gasteiger partial charge is 0.289 e. The minimum atomic E-state index is -4.23. The van der Waals surface area contributed by atoms with Crippen molar-refractivity contribution in [1.82, 2.24) is 0 Å². The standard InChI is InChI=1S/C13H9Cl2NO6S2/c14-13(15)24(21,22)10-6-7-12(11(8-10)16(17)18)23(19,20)9-4-2-1-3-5-9/h1-8,13H. The van der Waals surface area contributed by atoms with Crippen LogP contribution in [0, 0.1) is 10.1 Å². The topological polar surface area (TPSA) is 111 Å². The lowest BCUT2D eigenvalue weighted by atomic mass is 10.3. The Balaban J connectivity index is 2.72. The number of nitrogens with zero attached hydrogens (tertiary/aromatic N) is 1. The second-order valence-corrected chi connectivity index (χ2v) is 10.1. The van der Waals surface area contributed by atoms with E-state index in [1.165, 1.54) is 24.3 Å². The number of nitro groups is 1. The van der Waals surface area contributed by atoms with Crippen LogP contribution in [-0.2, 0) is 19.7 Å². The Morgan fingerprint density at radius 2 is 1.50 bits per heavy atom. The van der Waals surface area contributed by atoms with E-state index >= 15 is 0 Å². The highest BCUT2D eigenvalue weighted by Crippen LogP contribution is 2.33. The molecule has 0 aliphatic carbocycles. The van der Waals surface area contributed by atoms with Crippen LogP contribution in [-0.4, -0.2) is 25.9 Å². The molecule has 0 aromatic heterocycles. The minimum absolute atomic E-state index is 0.156. The maximum Gasteiger partial charge on any atom is 0.289 e. The molecule has 0 N–H and O–H groups in total. The molecule has 2 rings (SSSR count). The first-order chi connectivity index (χ1) is 11.1. The molecule has 7 nitrogen and oxygen atoms in total. The lowest BCUT2D eigenvalue weighted by Crippen LogP contribution is -2.11. The van der Waals surface area contributed by atoms with Gasteiger partial charge in [0, 0.05) is 6.07 Å². The molecule has 0 aliphatic heterocycles. The van der Waals surface area contributed by atoms with Crippen LogP contribution in [0.15, 0.2) is 63.2 Å². The van der Waals surface area contributed by atoms with Crippen LogP contribution in [0.2, 0.25) is 0 Å². The Bertz CT molecular complexity index is 988. The molecule has 0 spiro atoms. The number of halogens is 2. The van der Waals surface area contributed by atoms with Crippen LogP contribution in [0.25, 0.3) is 0 Å². The second kappa shape index (κ2) is 6.67. The summed E-state index contributed by atoms with van der Waals surface area (Å²) in [5.74, 6) is 0. The first-order valence-corrected chi connectivity index (χ1v) is 10.1. The molecular formula is C13H9Cl2NO6S2. The van der Waals surface area contributed by atoms with E-state index in [1.807, 2.05) is 0 Å². The third-order valence-corrected chi connectivity index (χ3v) is 7.64. The van der Waals surface area contributed by atoms with Gasteiger partial charge in [-0.1, -0.05) is 41.4 Å². The van der Waals surface area contributed by atoms with Gasteiger partial charge in [-0.25, -0.2) is 16.8 Å². The van der Waals surface area contributed by atoms with Gasteiger partial charge in [-0.2, -0.15) is 0 Å². The average molecular weight is 410 g/mol. The molecule has 11 heteroatoms. The third-order valence-electron chi connectivity index (χ3n) is 3.03. The van der Waals surface area contributed by atoms with Crippen LogP contribution >= 0.6 is 23.2 Å². The van der Waals surface area contributed by atoms with Crippen molar-refractivity contribution in [2.45, 2.75) is 18.9 Å². The maximum atomic E-state index is 12.5. The van der Waals surface area contributed by atoms with Crippen LogP contribution < -0.4 is 0 Å². The van der Waals surface area contributed by atoms with Crippen LogP contribution in [0.5, 0.6) is 0 Å². The number of rotatable bonds is 5. The van der Waals surface area contributed by atoms with E-state index in [0.717, 1.165) is 12.1 Å². The van der Waals surface area contributed by atoms with E-state index < -0.39 is 44.2 Å². The molecule has 0 aliphatic rings. The number of nitro benzene ring substituents is 1. The molecule has 0 saturated carbocycles. The molecule has 2 aromatic rings. The lowest BCUT2D eigenvalue weighted by molar-refractivity contribution is -0.388. The van der Waals surface area contributed by atoms with Crippen molar-refractivity contribution in [3.8, 4) is 0 Å². The third kappa shape index (κ3) is 3.39. The molecule has 24 heavy (non-hydrogen) atoms. The molecule has 0 bridgehead atoms. The summed E-state index contributed by atoms with van der Waals surface area (Å²) >= 11 is 10.7. The SMILES string of the molecule is O=[N+]([O-])c1cc(S(=O)(=O)C(Cl)Cl)ccc1S(=O)(=O)c1ccccc1. The van der Waals surface area contributed by atoms with E-state index in [0.29, 0.717) is 6.07 Å². The number of hydrogen-bond acceptors (Lipinski definition) is 6. The highest BCUT2D eigenvalue weighted by Gasteiger charge is 2.31. The predicted octanol–water partition coefficient (Wildman–Crippen LogP) is 2.96. The molecule has 0 atom stereocenters. The molecule has 2 aromatic carbocycles. The van der Waals surface area contributed by atoms with E-state index in [-0.39, 0.29) is 4.90 Å². The zero-order valence-electron chi connectivity index (χ0n) is 11.7. The Morgan fingerprint density at radius 3 is 2.00 bits per heavy atom. The first-order valence-electron chi connectivity index (χ1n) is 6.19. The van der Waals surface area contributed by atoms with Gasteiger partial charge in [0.15, 0.2) is 0 Å². The lowest BCUT2D eigenvalue weighted by Gasteiger charge is -2.08. The molecule has 0 unspecified atom stereocenters. The van der Waals surface area contributed by atoms with E-state index in [9.17, 15) is 26.9 Å². The van der Waals surface area contributed by atoms with Crippen molar-refractivity contribution in [1.29, 1.82) is 0 Å². The van der Waals surface area contributed by atoms with Gasteiger partial charge in [0.2, 0.25) is 23.8 Å². The predicted molar refractivity (Wildman–Crippen MR) is 87.7 cm³/mol. The smallest absolute Gasteiger partial charge is 0.258 e. The normalized spacial score (nSPS) is 12.3. The van der Waals surface area contributed by atoms with Gasteiger partial charge in [0.1, 0.15) is 4.90 Å². The Kier molecular flexibility index (Phi) is 5.19. The fourth-order valence-electron chi connectivity index (χ4n) is 1.87. The van der Waals surface area contributed by atoms with Crippen LogP contribution in [0.3, 0.4) is 0 Å². The first kappa shape index (κ1) is 18.7. The Morgan fingerprint density at radius 1 is 0.917 bits per heavy atom. The molecule has 0 amide bonds. The van der Waals surface area contributed by atoms with Crippen molar-refractivity contribution in [2.75, 3.05) is 0 Å². The van der Waals surface area contributed by atoms with Gasteiger partial charge in [-0.3, -0.25) is 10.1 Å². The van der Waals surface area contributed by atoms with E-state index in [1.54, 1.807) is 6.07 Å². The zero-order valence-corrected chi connectivity index (χ0v) is 14.8. The van der Waals surface area contributed by atoms with Gasteiger partial charge in [0.25, 0.3) is 5.69 Å². The van der Waals surface area contributed by atoms with Gasteiger partial charge in [-0.15, -0.1) is 0 Å². The van der Waals surface area contributed by atoms with E-state index in [4.69, 9.17) is 23.2 Å². The molecule has 0 fully saturated rings. The molecule has 128 valence electrons. The van der Waals surface area contributed by atoms with Crippen molar-refractivity contribution >= 4 is 48.6 Å². The second-order valence-electron chi connectivity index (χ2n) is 4.51. The van der Waals surface area contributed by atoms with Gasteiger partial charge >= 0.3 is 0 Å². The molecule has 0 heterocycles. The maximum absolute atomic E-state index is 12.5. The summed E-state index contributed by atoms with van der Waals surface area (Å²) in [6.45, 7) is 0. The zero-order chi connectivity index (χ0) is 18.1. The van der Waals surface area contributed by atoms with Crippen molar-refractivity contribution < 1.29 is 21.8 Å². The Labute approximate surface area is 147 Å². The fraction of sp³-hybridized carbons (Fsp3) is 0.0769. The summed E-state index contributed by atoms with van der Waals surface area (Å²) in [7, 11) is -8.43. The average Bonchev–Trinajstić information content (AvgIpc) is 2.54. The van der Waals surface area contributed by atoms with Gasteiger partial charge < -0.3 is 0 Å². The van der Waals surface area contributed by atoms with Crippen molar-refractivity contribution in [2.24, 2.45) is 0 Å². The summed E-state index contributed by atoms with van der Waals surface area (Å²) in [6, 6.07) is 9.45. The van der Waals surface area contributed by atoms with Crippen molar-refractivity contribution in [3.05, 3.63) is 58.6 Å². The van der Waals surface area contributed by atoms with Crippen LogP contribution in [0.4, 0.5) is 5.69 Å². The summed E-state index contributed by atoms with van der Waals surface area (Å²) in [4.78, 5) is 8.92. The molecule has 0 radical (unpaired) electrons. The number of sulfone groups is 2. The molecular weight excluding hydrogens is 401 g/mol. The van der Waals surface area contributed by atoms with Gasteiger partial charge in [-0.05, 0) is 24.3 Å². The fourth-order valence-corrected chi connectivity index (χ4v) is 4.66.